The standard InChI is InChI=1S/C16H16Cl3NO3/c1-9(2)7-20-16(21)14-4-3-11(23-14)8-22-15-12(18)5-10(17)6-13(15)19/h3-6,9H,7-8H2,1-2H3,(H,20,21). The topological polar surface area (TPSA) is 51.5 Å². The molecule has 1 aromatic carbocycles. The van der Waals surface area contributed by atoms with Crippen molar-refractivity contribution >= 4 is 40.7 Å². The minimum atomic E-state index is -0.257. The minimum Gasteiger partial charge on any atom is -0.483 e. The molecule has 0 aliphatic heterocycles. The molecule has 0 bridgehead atoms. The molecule has 4 nitrogen and oxygen atoms in total. The molecule has 0 atom stereocenters. The van der Waals surface area contributed by atoms with E-state index in [1.165, 1.54) is 12.1 Å². The summed E-state index contributed by atoms with van der Waals surface area (Å²) in [6.07, 6.45) is 0. The molecule has 0 spiro atoms. The first-order valence-corrected chi connectivity index (χ1v) is 8.14. The van der Waals surface area contributed by atoms with Crippen molar-refractivity contribution in [3.8, 4) is 5.75 Å². The van der Waals surface area contributed by atoms with Crippen LogP contribution < -0.4 is 10.1 Å². The molecule has 2 rings (SSSR count). The first-order valence-electron chi connectivity index (χ1n) is 7.01. The molecule has 23 heavy (non-hydrogen) atoms. The third kappa shape index (κ3) is 5.06. The zero-order chi connectivity index (χ0) is 17.0. The van der Waals surface area contributed by atoms with Crippen LogP contribution in [0.15, 0.2) is 28.7 Å². The molecule has 1 amide bonds. The Morgan fingerprint density at radius 1 is 1.22 bits per heavy atom. The number of hydrogen-bond acceptors (Lipinski definition) is 3. The van der Waals surface area contributed by atoms with Gasteiger partial charge in [-0.15, -0.1) is 0 Å². The second kappa shape index (κ2) is 7.95. The van der Waals surface area contributed by atoms with Crippen molar-refractivity contribution < 1.29 is 13.9 Å². The summed E-state index contributed by atoms with van der Waals surface area (Å²) < 4.78 is 11.0. The van der Waals surface area contributed by atoms with Crippen molar-refractivity contribution in [2.45, 2.75) is 20.5 Å². The fourth-order valence-corrected chi connectivity index (χ4v) is 2.70. The average Bonchev–Trinajstić information content (AvgIpc) is 2.92. The third-order valence-corrected chi connectivity index (χ3v) is 3.66. The maximum atomic E-state index is 11.9. The molecule has 0 radical (unpaired) electrons. The van der Waals surface area contributed by atoms with Gasteiger partial charge in [0, 0.05) is 11.6 Å². The molecule has 0 fully saturated rings. The summed E-state index contributed by atoms with van der Waals surface area (Å²) in [7, 11) is 0. The number of carbonyl (C=O) groups excluding carboxylic acids is 1. The molecular weight excluding hydrogens is 361 g/mol. The number of furan rings is 1. The Balaban J connectivity index is 1.99. The van der Waals surface area contributed by atoms with Crippen LogP contribution in [0.25, 0.3) is 0 Å². The van der Waals surface area contributed by atoms with Gasteiger partial charge in [-0.25, -0.2) is 0 Å². The first kappa shape index (κ1) is 18.0. The zero-order valence-electron chi connectivity index (χ0n) is 12.7. The highest BCUT2D eigenvalue weighted by molar-refractivity contribution is 6.40. The lowest BCUT2D eigenvalue weighted by molar-refractivity contribution is 0.0917. The van der Waals surface area contributed by atoms with Crippen LogP contribution in [0.2, 0.25) is 15.1 Å². The van der Waals surface area contributed by atoms with Crippen LogP contribution >= 0.6 is 34.8 Å². The fourth-order valence-electron chi connectivity index (χ4n) is 1.77. The lowest BCUT2D eigenvalue weighted by atomic mass is 10.2. The van der Waals surface area contributed by atoms with Crippen LogP contribution in [0.5, 0.6) is 5.75 Å². The lowest BCUT2D eigenvalue weighted by Crippen LogP contribution is -2.26. The summed E-state index contributed by atoms with van der Waals surface area (Å²) in [4.78, 5) is 11.9. The second-order valence-electron chi connectivity index (χ2n) is 5.36. The number of ether oxygens (including phenoxy) is 1. The predicted octanol–water partition coefficient (Wildman–Crippen LogP) is 5.20. The Morgan fingerprint density at radius 3 is 2.48 bits per heavy atom. The van der Waals surface area contributed by atoms with Crippen molar-refractivity contribution in [2.24, 2.45) is 5.92 Å². The highest BCUT2D eigenvalue weighted by atomic mass is 35.5. The highest BCUT2D eigenvalue weighted by Gasteiger charge is 2.13. The van der Waals surface area contributed by atoms with E-state index >= 15 is 0 Å². The van der Waals surface area contributed by atoms with Gasteiger partial charge in [-0.1, -0.05) is 48.7 Å². The Morgan fingerprint density at radius 2 is 1.87 bits per heavy atom. The van der Waals surface area contributed by atoms with Gasteiger partial charge < -0.3 is 14.5 Å². The number of carbonyl (C=O) groups is 1. The maximum Gasteiger partial charge on any atom is 0.287 e. The van der Waals surface area contributed by atoms with E-state index in [1.54, 1.807) is 12.1 Å². The Bertz CT molecular complexity index is 675. The largest absolute Gasteiger partial charge is 0.483 e. The number of nitrogens with one attached hydrogen (secondary N) is 1. The summed E-state index contributed by atoms with van der Waals surface area (Å²) in [5, 5.41) is 3.82. The number of benzene rings is 1. The van der Waals surface area contributed by atoms with Gasteiger partial charge in [0.15, 0.2) is 11.5 Å². The van der Waals surface area contributed by atoms with Crippen LogP contribution in [0.4, 0.5) is 0 Å². The van der Waals surface area contributed by atoms with E-state index in [1.807, 2.05) is 13.8 Å². The van der Waals surface area contributed by atoms with E-state index in [0.29, 0.717) is 39.0 Å². The summed E-state index contributed by atoms with van der Waals surface area (Å²) in [5.41, 5.74) is 0. The molecule has 0 aliphatic carbocycles. The molecule has 0 saturated heterocycles. The van der Waals surface area contributed by atoms with E-state index in [-0.39, 0.29) is 18.3 Å². The molecule has 124 valence electrons. The van der Waals surface area contributed by atoms with E-state index < -0.39 is 0 Å². The number of amides is 1. The Labute approximate surface area is 149 Å². The quantitative estimate of drug-likeness (QED) is 0.753. The molecule has 0 saturated carbocycles. The summed E-state index contributed by atoms with van der Waals surface area (Å²) in [6.45, 7) is 4.71. The van der Waals surface area contributed by atoms with Crippen LogP contribution in [0.3, 0.4) is 0 Å². The maximum absolute atomic E-state index is 11.9. The monoisotopic (exact) mass is 375 g/mol. The van der Waals surface area contributed by atoms with E-state index in [0.717, 1.165) is 0 Å². The minimum absolute atomic E-state index is 0.0958. The highest BCUT2D eigenvalue weighted by Crippen LogP contribution is 2.36. The zero-order valence-corrected chi connectivity index (χ0v) is 14.9. The van der Waals surface area contributed by atoms with Gasteiger partial charge in [0.05, 0.1) is 10.0 Å². The molecule has 0 aliphatic rings. The Kier molecular flexibility index (Phi) is 6.22. The fraction of sp³-hybridized carbons (Fsp3) is 0.312. The summed E-state index contributed by atoms with van der Waals surface area (Å²) in [5.74, 6) is 1.15. The van der Waals surface area contributed by atoms with Gasteiger partial charge in [-0.3, -0.25) is 4.79 Å². The van der Waals surface area contributed by atoms with Crippen LogP contribution in [0.1, 0.15) is 30.2 Å². The third-order valence-electron chi connectivity index (χ3n) is 2.88. The van der Waals surface area contributed by atoms with Gasteiger partial charge in [0.25, 0.3) is 5.91 Å². The first-order chi connectivity index (χ1) is 10.9. The van der Waals surface area contributed by atoms with Crippen molar-refractivity contribution in [2.75, 3.05) is 6.54 Å². The van der Waals surface area contributed by atoms with Gasteiger partial charge in [0.2, 0.25) is 0 Å². The van der Waals surface area contributed by atoms with Crippen molar-refractivity contribution in [3.05, 3.63) is 50.9 Å². The van der Waals surface area contributed by atoms with Gasteiger partial charge in [-0.05, 0) is 30.2 Å². The van der Waals surface area contributed by atoms with Crippen LogP contribution in [0, 0.1) is 5.92 Å². The molecule has 2 aromatic rings. The number of rotatable bonds is 6. The molecule has 1 heterocycles. The van der Waals surface area contributed by atoms with Crippen LogP contribution in [-0.4, -0.2) is 12.5 Å². The molecule has 1 aromatic heterocycles. The normalized spacial score (nSPS) is 10.9. The van der Waals surface area contributed by atoms with Gasteiger partial charge in [-0.2, -0.15) is 0 Å². The summed E-state index contributed by atoms with van der Waals surface area (Å²) >= 11 is 17.9. The molecular formula is C16H16Cl3NO3. The van der Waals surface area contributed by atoms with Crippen LogP contribution in [-0.2, 0) is 6.61 Å². The van der Waals surface area contributed by atoms with E-state index in [2.05, 4.69) is 5.32 Å². The van der Waals surface area contributed by atoms with Crippen molar-refractivity contribution in [1.29, 1.82) is 0 Å². The number of halogens is 3. The molecule has 1 N–H and O–H groups in total. The lowest BCUT2D eigenvalue weighted by Gasteiger charge is -2.09. The summed E-state index contributed by atoms with van der Waals surface area (Å²) in [6, 6.07) is 6.34. The average molecular weight is 377 g/mol. The van der Waals surface area contributed by atoms with Gasteiger partial charge in [0.1, 0.15) is 12.4 Å². The smallest absolute Gasteiger partial charge is 0.287 e. The SMILES string of the molecule is CC(C)CNC(=O)c1ccc(COc2c(Cl)cc(Cl)cc2Cl)o1. The predicted molar refractivity (Wildman–Crippen MR) is 91.7 cm³/mol. The Hall–Kier alpha value is -1.36. The van der Waals surface area contributed by atoms with E-state index in [4.69, 9.17) is 44.0 Å². The van der Waals surface area contributed by atoms with Crippen molar-refractivity contribution in [3.63, 3.8) is 0 Å². The second-order valence-corrected chi connectivity index (χ2v) is 6.61. The number of hydrogen-bond donors (Lipinski definition) is 1. The molecule has 0 unspecified atom stereocenters. The molecule has 7 heteroatoms. The van der Waals surface area contributed by atoms with Crippen molar-refractivity contribution in [1.82, 2.24) is 5.32 Å². The van der Waals surface area contributed by atoms with Gasteiger partial charge >= 0.3 is 0 Å². The van der Waals surface area contributed by atoms with E-state index in [9.17, 15) is 4.79 Å².